The standard InChI is InChI=1S/C14H18N4O2/c1-11-3-5-12(6-4-11)15-14(19)16-13-7-8-18(17-13)9-10-20-2/h3-8H,9-10H2,1-2H3,(H2,15,16,17,19). The van der Waals surface area contributed by atoms with Crippen LogP contribution in [0.2, 0.25) is 0 Å². The molecule has 0 bridgehead atoms. The fourth-order valence-electron chi connectivity index (χ4n) is 1.65. The van der Waals surface area contributed by atoms with Crippen LogP contribution in [0.15, 0.2) is 36.5 Å². The van der Waals surface area contributed by atoms with Gasteiger partial charge in [-0.05, 0) is 19.1 Å². The molecule has 0 unspecified atom stereocenters. The Balaban J connectivity index is 1.87. The fraction of sp³-hybridized carbons (Fsp3) is 0.286. The van der Waals surface area contributed by atoms with Crippen LogP contribution >= 0.6 is 0 Å². The number of carbonyl (C=O) groups excluding carboxylic acids is 1. The molecule has 6 nitrogen and oxygen atoms in total. The van der Waals surface area contributed by atoms with Crippen LogP contribution in [0.3, 0.4) is 0 Å². The molecule has 0 saturated heterocycles. The number of amides is 2. The number of methoxy groups -OCH3 is 1. The number of hydrogen-bond acceptors (Lipinski definition) is 3. The number of benzene rings is 1. The Morgan fingerprint density at radius 2 is 2.00 bits per heavy atom. The Morgan fingerprint density at radius 1 is 1.25 bits per heavy atom. The second kappa shape index (κ2) is 6.72. The van der Waals surface area contributed by atoms with Crippen molar-refractivity contribution in [2.75, 3.05) is 24.4 Å². The third kappa shape index (κ3) is 4.10. The third-order valence-electron chi connectivity index (χ3n) is 2.72. The monoisotopic (exact) mass is 274 g/mol. The molecule has 0 radical (unpaired) electrons. The molecule has 0 aliphatic rings. The minimum atomic E-state index is -0.314. The van der Waals surface area contributed by atoms with E-state index in [0.717, 1.165) is 11.3 Å². The van der Waals surface area contributed by atoms with E-state index in [1.807, 2.05) is 31.2 Å². The second-order valence-electron chi connectivity index (χ2n) is 4.40. The maximum Gasteiger partial charge on any atom is 0.324 e. The Bertz CT molecular complexity index is 563. The van der Waals surface area contributed by atoms with E-state index in [1.165, 1.54) is 0 Å². The first-order valence-electron chi connectivity index (χ1n) is 6.34. The average molecular weight is 274 g/mol. The second-order valence-corrected chi connectivity index (χ2v) is 4.40. The lowest BCUT2D eigenvalue weighted by molar-refractivity contribution is 0.183. The summed E-state index contributed by atoms with van der Waals surface area (Å²) < 4.78 is 6.68. The number of urea groups is 1. The fourth-order valence-corrected chi connectivity index (χ4v) is 1.65. The highest BCUT2D eigenvalue weighted by Gasteiger charge is 2.05. The summed E-state index contributed by atoms with van der Waals surface area (Å²) in [5.41, 5.74) is 1.89. The van der Waals surface area contributed by atoms with Crippen LogP contribution in [0.1, 0.15) is 5.56 Å². The summed E-state index contributed by atoms with van der Waals surface area (Å²) in [5, 5.41) is 9.63. The van der Waals surface area contributed by atoms with Crippen molar-refractivity contribution in [2.45, 2.75) is 13.5 Å². The summed E-state index contributed by atoms with van der Waals surface area (Å²) in [7, 11) is 1.64. The normalized spacial score (nSPS) is 10.3. The van der Waals surface area contributed by atoms with Gasteiger partial charge in [-0.25, -0.2) is 4.79 Å². The molecule has 2 rings (SSSR count). The topological polar surface area (TPSA) is 68.2 Å². The van der Waals surface area contributed by atoms with Gasteiger partial charge in [0.05, 0.1) is 13.2 Å². The van der Waals surface area contributed by atoms with Gasteiger partial charge in [0.25, 0.3) is 0 Å². The first-order chi connectivity index (χ1) is 9.67. The molecule has 1 aromatic heterocycles. The third-order valence-corrected chi connectivity index (χ3v) is 2.72. The van der Waals surface area contributed by atoms with E-state index >= 15 is 0 Å². The maximum atomic E-state index is 11.8. The number of ether oxygens (including phenoxy) is 1. The van der Waals surface area contributed by atoms with Gasteiger partial charge in [0, 0.05) is 25.1 Å². The Kier molecular flexibility index (Phi) is 4.73. The molecule has 2 amide bonds. The van der Waals surface area contributed by atoms with Crippen molar-refractivity contribution in [2.24, 2.45) is 0 Å². The number of nitrogens with zero attached hydrogens (tertiary/aromatic N) is 2. The Labute approximate surface area is 117 Å². The molecule has 0 spiro atoms. The first kappa shape index (κ1) is 14.1. The highest BCUT2D eigenvalue weighted by atomic mass is 16.5. The van der Waals surface area contributed by atoms with Crippen molar-refractivity contribution in [3.8, 4) is 0 Å². The van der Waals surface area contributed by atoms with Gasteiger partial charge in [0.1, 0.15) is 0 Å². The van der Waals surface area contributed by atoms with Crippen LogP contribution in [0.5, 0.6) is 0 Å². The summed E-state index contributed by atoms with van der Waals surface area (Å²) >= 11 is 0. The van der Waals surface area contributed by atoms with Gasteiger partial charge in [0.2, 0.25) is 0 Å². The van der Waals surface area contributed by atoms with Crippen molar-refractivity contribution in [1.29, 1.82) is 0 Å². The summed E-state index contributed by atoms with van der Waals surface area (Å²) in [5.74, 6) is 0.505. The number of anilines is 2. The summed E-state index contributed by atoms with van der Waals surface area (Å²) in [6.45, 7) is 3.23. The molecule has 106 valence electrons. The zero-order valence-corrected chi connectivity index (χ0v) is 11.6. The SMILES string of the molecule is COCCn1ccc(NC(=O)Nc2ccc(C)cc2)n1. The minimum Gasteiger partial charge on any atom is -0.383 e. The minimum absolute atomic E-state index is 0.314. The van der Waals surface area contributed by atoms with Crippen molar-refractivity contribution >= 4 is 17.5 Å². The van der Waals surface area contributed by atoms with E-state index in [0.29, 0.717) is 19.0 Å². The van der Waals surface area contributed by atoms with Gasteiger partial charge in [0.15, 0.2) is 5.82 Å². The van der Waals surface area contributed by atoms with Gasteiger partial charge < -0.3 is 10.1 Å². The van der Waals surface area contributed by atoms with Gasteiger partial charge in [-0.3, -0.25) is 10.00 Å². The van der Waals surface area contributed by atoms with Gasteiger partial charge in [-0.2, -0.15) is 5.10 Å². The molecule has 0 aliphatic carbocycles. The van der Waals surface area contributed by atoms with Crippen molar-refractivity contribution in [1.82, 2.24) is 9.78 Å². The van der Waals surface area contributed by atoms with E-state index in [-0.39, 0.29) is 6.03 Å². The smallest absolute Gasteiger partial charge is 0.324 e. The number of nitrogens with one attached hydrogen (secondary N) is 2. The molecule has 20 heavy (non-hydrogen) atoms. The van der Waals surface area contributed by atoms with Crippen LogP contribution in [0, 0.1) is 6.92 Å². The van der Waals surface area contributed by atoms with E-state index < -0.39 is 0 Å². The van der Waals surface area contributed by atoms with E-state index in [1.54, 1.807) is 24.1 Å². The van der Waals surface area contributed by atoms with Crippen molar-refractivity contribution in [3.63, 3.8) is 0 Å². The van der Waals surface area contributed by atoms with Crippen LogP contribution < -0.4 is 10.6 Å². The largest absolute Gasteiger partial charge is 0.383 e. The maximum absolute atomic E-state index is 11.8. The lowest BCUT2D eigenvalue weighted by atomic mass is 10.2. The summed E-state index contributed by atoms with van der Waals surface area (Å²) in [6.07, 6.45) is 1.79. The predicted octanol–water partition coefficient (Wildman–Crippen LogP) is 2.48. The molecule has 2 N–H and O–H groups in total. The molecule has 6 heteroatoms. The number of carbonyl (C=O) groups is 1. The van der Waals surface area contributed by atoms with E-state index in [2.05, 4.69) is 15.7 Å². The lowest BCUT2D eigenvalue weighted by Gasteiger charge is -2.05. The van der Waals surface area contributed by atoms with Crippen LogP contribution in [0.4, 0.5) is 16.3 Å². The first-order valence-corrected chi connectivity index (χ1v) is 6.34. The quantitative estimate of drug-likeness (QED) is 0.880. The van der Waals surface area contributed by atoms with Crippen LogP contribution in [0.25, 0.3) is 0 Å². The van der Waals surface area contributed by atoms with Crippen LogP contribution in [-0.2, 0) is 11.3 Å². The van der Waals surface area contributed by atoms with Gasteiger partial charge in [-0.15, -0.1) is 0 Å². The highest BCUT2D eigenvalue weighted by molar-refractivity contribution is 5.99. The Morgan fingerprint density at radius 3 is 2.70 bits per heavy atom. The number of aromatic nitrogens is 2. The summed E-state index contributed by atoms with van der Waals surface area (Å²) in [4.78, 5) is 11.8. The van der Waals surface area contributed by atoms with E-state index in [9.17, 15) is 4.79 Å². The average Bonchev–Trinajstić information content (AvgIpc) is 2.86. The molecule has 0 aliphatic heterocycles. The lowest BCUT2D eigenvalue weighted by Crippen LogP contribution is -2.20. The van der Waals surface area contributed by atoms with E-state index in [4.69, 9.17) is 4.74 Å². The molecule has 0 saturated carbocycles. The van der Waals surface area contributed by atoms with Crippen molar-refractivity contribution < 1.29 is 9.53 Å². The molecule has 0 fully saturated rings. The Hall–Kier alpha value is -2.34. The highest BCUT2D eigenvalue weighted by Crippen LogP contribution is 2.09. The predicted molar refractivity (Wildman–Crippen MR) is 77.9 cm³/mol. The molecule has 1 heterocycles. The summed E-state index contributed by atoms with van der Waals surface area (Å²) in [6, 6.07) is 9.01. The number of hydrogen-bond donors (Lipinski definition) is 2. The molecule has 2 aromatic rings. The zero-order valence-electron chi connectivity index (χ0n) is 11.6. The zero-order chi connectivity index (χ0) is 14.4. The van der Waals surface area contributed by atoms with Gasteiger partial charge in [-0.1, -0.05) is 17.7 Å². The molecular weight excluding hydrogens is 256 g/mol. The molecule has 0 atom stereocenters. The molecular formula is C14H18N4O2. The number of rotatable bonds is 5. The van der Waals surface area contributed by atoms with Crippen molar-refractivity contribution in [3.05, 3.63) is 42.1 Å². The van der Waals surface area contributed by atoms with Crippen LogP contribution in [-0.4, -0.2) is 29.5 Å². The molecule has 1 aromatic carbocycles. The number of aryl methyl sites for hydroxylation is 1. The van der Waals surface area contributed by atoms with Gasteiger partial charge >= 0.3 is 6.03 Å².